The van der Waals surface area contributed by atoms with E-state index < -0.39 is 5.60 Å². The highest BCUT2D eigenvalue weighted by molar-refractivity contribution is 5.70. The predicted octanol–water partition coefficient (Wildman–Crippen LogP) is 5.43. The summed E-state index contributed by atoms with van der Waals surface area (Å²) in [5, 5.41) is 0. The van der Waals surface area contributed by atoms with Gasteiger partial charge in [-0.25, -0.2) is 4.79 Å². The molecule has 164 valence electrons. The second-order valence-corrected chi connectivity index (χ2v) is 8.33. The van der Waals surface area contributed by atoms with E-state index in [1.54, 1.807) is 22.6 Å². The monoisotopic (exact) mass is 428 g/mol. The number of benzene rings is 2. The first kappa shape index (κ1) is 21.6. The van der Waals surface area contributed by atoms with E-state index in [4.69, 9.17) is 4.74 Å². The Morgan fingerprint density at radius 2 is 1.72 bits per heavy atom. The predicted molar refractivity (Wildman–Crippen MR) is 126 cm³/mol. The van der Waals surface area contributed by atoms with E-state index in [1.165, 1.54) is 0 Å². The van der Waals surface area contributed by atoms with Gasteiger partial charge in [0.05, 0.1) is 6.04 Å². The van der Waals surface area contributed by atoms with E-state index in [-0.39, 0.29) is 17.7 Å². The van der Waals surface area contributed by atoms with E-state index in [0.717, 1.165) is 22.3 Å². The number of aromatic nitrogens is 1. The number of carbonyl (C=O) groups excluding carboxylic acids is 1. The average Bonchev–Trinajstić information content (AvgIpc) is 2.81. The van der Waals surface area contributed by atoms with E-state index >= 15 is 0 Å². The number of carbonyl (C=O) groups is 1. The maximum absolute atomic E-state index is 13.1. The van der Waals surface area contributed by atoms with Gasteiger partial charge >= 0.3 is 6.09 Å². The van der Waals surface area contributed by atoms with Gasteiger partial charge in [-0.3, -0.25) is 4.79 Å². The summed E-state index contributed by atoms with van der Waals surface area (Å²) in [6.07, 6.45) is 4.62. The molecule has 1 saturated heterocycles. The van der Waals surface area contributed by atoms with Crippen molar-refractivity contribution < 1.29 is 9.53 Å². The Kier molecular flexibility index (Phi) is 5.99. The van der Waals surface area contributed by atoms with Crippen LogP contribution in [0.2, 0.25) is 0 Å². The zero-order chi connectivity index (χ0) is 22.7. The Morgan fingerprint density at radius 3 is 2.34 bits per heavy atom. The van der Waals surface area contributed by atoms with E-state index in [0.29, 0.717) is 19.4 Å². The van der Waals surface area contributed by atoms with Crippen LogP contribution in [0.4, 0.5) is 4.79 Å². The minimum absolute atomic E-state index is 0.0364. The molecule has 5 nitrogen and oxygen atoms in total. The van der Waals surface area contributed by atoms with Crippen LogP contribution in [0.25, 0.3) is 11.1 Å². The van der Waals surface area contributed by atoms with Crippen LogP contribution >= 0.6 is 0 Å². The van der Waals surface area contributed by atoms with Crippen molar-refractivity contribution in [2.75, 3.05) is 6.54 Å². The molecule has 0 aliphatic carbocycles. The van der Waals surface area contributed by atoms with Crippen LogP contribution < -0.4 is 5.56 Å². The first-order valence-corrected chi connectivity index (χ1v) is 10.9. The summed E-state index contributed by atoms with van der Waals surface area (Å²) < 4.78 is 7.62. The summed E-state index contributed by atoms with van der Waals surface area (Å²) in [7, 11) is 1.74. The van der Waals surface area contributed by atoms with Crippen LogP contribution in [-0.4, -0.2) is 22.1 Å². The second kappa shape index (κ2) is 8.87. The molecule has 32 heavy (non-hydrogen) atoms. The van der Waals surface area contributed by atoms with Gasteiger partial charge in [-0.05, 0) is 35.2 Å². The van der Waals surface area contributed by atoms with Crippen LogP contribution in [-0.2, 0) is 17.4 Å². The number of rotatable bonds is 6. The molecule has 0 saturated carbocycles. The van der Waals surface area contributed by atoms with Crippen LogP contribution in [0.1, 0.15) is 36.9 Å². The van der Waals surface area contributed by atoms with Gasteiger partial charge in [-0.15, -0.1) is 6.58 Å². The van der Waals surface area contributed by atoms with Gasteiger partial charge in [-0.2, -0.15) is 0 Å². The fourth-order valence-corrected chi connectivity index (χ4v) is 4.36. The molecule has 0 unspecified atom stereocenters. The third-order valence-electron chi connectivity index (χ3n) is 6.33. The Morgan fingerprint density at radius 1 is 1.03 bits per heavy atom. The quantitative estimate of drug-likeness (QED) is 0.492. The zero-order valence-corrected chi connectivity index (χ0v) is 18.5. The molecule has 1 aromatic heterocycles. The maximum Gasteiger partial charge on any atom is 0.411 e. The molecule has 0 bridgehead atoms. The van der Waals surface area contributed by atoms with Crippen molar-refractivity contribution in [2.24, 2.45) is 7.05 Å². The van der Waals surface area contributed by atoms with Crippen molar-refractivity contribution in [3.63, 3.8) is 0 Å². The van der Waals surface area contributed by atoms with Crippen molar-refractivity contribution in [3.05, 3.63) is 107 Å². The van der Waals surface area contributed by atoms with Crippen LogP contribution in [0.3, 0.4) is 0 Å². The van der Waals surface area contributed by atoms with Crippen molar-refractivity contribution in [2.45, 2.75) is 31.4 Å². The van der Waals surface area contributed by atoms with Gasteiger partial charge in [0.1, 0.15) is 5.60 Å². The van der Waals surface area contributed by atoms with Crippen molar-refractivity contribution in [1.29, 1.82) is 0 Å². The maximum atomic E-state index is 13.1. The lowest BCUT2D eigenvalue weighted by Crippen LogP contribution is -2.48. The number of nitrogens with zero attached hydrogens (tertiary/aromatic N) is 2. The largest absolute Gasteiger partial charge is 0.437 e. The van der Waals surface area contributed by atoms with Gasteiger partial charge in [0.25, 0.3) is 0 Å². The van der Waals surface area contributed by atoms with E-state index in [2.05, 4.69) is 6.58 Å². The van der Waals surface area contributed by atoms with Crippen LogP contribution in [0, 0.1) is 0 Å². The Bertz CT molecular complexity index is 1170. The van der Waals surface area contributed by atoms with Crippen LogP contribution in [0.15, 0.2) is 90.4 Å². The highest BCUT2D eigenvalue weighted by Crippen LogP contribution is 2.39. The molecule has 0 N–H and O–H groups in total. The summed E-state index contributed by atoms with van der Waals surface area (Å²) >= 11 is 0. The number of hydrogen-bond donors (Lipinski definition) is 0. The lowest BCUT2D eigenvalue weighted by Gasteiger charge is -2.43. The first-order valence-electron chi connectivity index (χ1n) is 10.9. The van der Waals surface area contributed by atoms with Crippen molar-refractivity contribution in [3.8, 4) is 11.1 Å². The molecule has 1 aliphatic heterocycles. The molecule has 5 heteroatoms. The summed E-state index contributed by atoms with van der Waals surface area (Å²) in [4.78, 5) is 26.5. The number of hydrogen-bond acceptors (Lipinski definition) is 3. The second-order valence-electron chi connectivity index (χ2n) is 8.33. The van der Waals surface area contributed by atoms with Gasteiger partial charge in [0.2, 0.25) is 5.56 Å². The third kappa shape index (κ3) is 4.11. The molecule has 1 aliphatic rings. The Hall–Kier alpha value is -3.60. The third-order valence-corrected chi connectivity index (χ3v) is 6.33. The van der Waals surface area contributed by atoms with E-state index in [1.807, 2.05) is 79.9 Å². The smallest absolute Gasteiger partial charge is 0.411 e. The van der Waals surface area contributed by atoms with Crippen molar-refractivity contribution in [1.82, 2.24) is 9.47 Å². The normalized spacial score (nSPS) is 19.3. The standard InChI is InChI=1S/C27H28N2O3/c1-4-16-27(24-8-6-5-7-9-24)17-18-29(26(31)32-27)20(2)21-10-12-22(13-11-21)23-14-15-25(30)28(3)19-23/h4-15,19-20H,1,16-18H2,2-3H3/t20-,27+/m0/s1. The highest BCUT2D eigenvalue weighted by Gasteiger charge is 2.42. The molecule has 1 amide bonds. The van der Waals surface area contributed by atoms with E-state index in [9.17, 15) is 9.59 Å². The number of amides is 1. The molecule has 2 aromatic carbocycles. The fraction of sp³-hybridized carbons (Fsp3) is 0.259. The molecular weight excluding hydrogens is 400 g/mol. The molecule has 1 fully saturated rings. The average molecular weight is 429 g/mol. The summed E-state index contributed by atoms with van der Waals surface area (Å²) in [5.74, 6) is 0. The first-order chi connectivity index (χ1) is 15.4. The zero-order valence-electron chi connectivity index (χ0n) is 18.5. The number of ether oxygens (including phenoxy) is 1. The van der Waals surface area contributed by atoms with Gasteiger partial charge in [-0.1, -0.05) is 60.7 Å². The summed E-state index contributed by atoms with van der Waals surface area (Å²) in [6.45, 7) is 6.49. The fourth-order valence-electron chi connectivity index (χ4n) is 4.36. The molecule has 2 heterocycles. The molecule has 4 rings (SSSR count). The summed E-state index contributed by atoms with van der Waals surface area (Å²) in [6, 6.07) is 21.3. The van der Waals surface area contributed by atoms with Gasteiger partial charge in [0, 0.05) is 38.7 Å². The lowest BCUT2D eigenvalue weighted by molar-refractivity contribution is -0.0588. The van der Waals surface area contributed by atoms with Gasteiger partial charge < -0.3 is 14.2 Å². The number of aryl methyl sites for hydroxylation is 1. The molecule has 0 radical (unpaired) electrons. The van der Waals surface area contributed by atoms with Crippen LogP contribution in [0.5, 0.6) is 0 Å². The Balaban J connectivity index is 1.52. The number of cyclic esters (lactones) is 1. The molecule has 3 aromatic rings. The SMILES string of the molecule is C=CC[C@]1(c2ccccc2)CCN([C@@H](C)c2ccc(-c3ccc(=O)n(C)c3)cc2)C(=O)O1. The minimum Gasteiger partial charge on any atom is -0.437 e. The molecular formula is C27H28N2O3. The van der Waals surface area contributed by atoms with Gasteiger partial charge in [0.15, 0.2) is 0 Å². The highest BCUT2D eigenvalue weighted by atomic mass is 16.6. The lowest BCUT2D eigenvalue weighted by atomic mass is 9.85. The van der Waals surface area contributed by atoms with Crippen molar-refractivity contribution >= 4 is 6.09 Å². The topological polar surface area (TPSA) is 51.5 Å². The molecule has 2 atom stereocenters. The molecule has 0 spiro atoms. The Labute approximate surface area is 188 Å². The minimum atomic E-state index is -0.663. The number of pyridine rings is 1. The summed E-state index contributed by atoms with van der Waals surface area (Å²) in [5.41, 5.74) is 3.33.